The van der Waals surface area contributed by atoms with E-state index < -0.39 is 5.97 Å². The standard InChI is InChI=1S/C15H14N2O4S/c18-14(5-6-15(19)20)17-11(12-3-1-7-21-12)9-10(16-17)13-4-2-8-22-13/h1-4,7-8,11H,5-6,9H2,(H,19,20)/p-1/t11-/m0/s1. The number of amides is 1. The Morgan fingerprint density at radius 1 is 1.36 bits per heavy atom. The Labute approximate surface area is 130 Å². The molecule has 0 radical (unpaired) electrons. The largest absolute Gasteiger partial charge is 0.550 e. The molecule has 0 bridgehead atoms. The molecule has 114 valence electrons. The molecule has 22 heavy (non-hydrogen) atoms. The van der Waals surface area contributed by atoms with Crippen molar-refractivity contribution in [2.45, 2.75) is 25.3 Å². The van der Waals surface area contributed by atoms with Crippen LogP contribution >= 0.6 is 11.3 Å². The van der Waals surface area contributed by atoms with Gasteiger partial charge in [0.15, 0.2) is 0 Å². The van der Waals surface area contributed by atoms with Crippen LogP contribution in [0.5, 0.6) is 0 Å². The van der Waals surface area contributed by atoms with Crippen LogP contribution < -0.4 is 5.11 Å². The fourth-order valence-corrected chi connectivity index (χ4v) is 3.08. The highest BCUT2D eigenvalue weighted by molar-refractivity contribution is 7.12. The molecule has 0 unspecified atom stereocenters. The number of carbonyl (C=O) groups is 2. The van der Waals surface area contributed by atoms with E-state index in [0.717, 1.165) is 10.6 Å². The third kappa shape index (κ3) is 2.94. The number of hydrazone groups is 1. The van der Waals surface area contributed by atoms with Crippen LogP contribution in [0.4, 0.5) is 0 Å². The van der Waals surface area contributed by atoms with E-state index in [0.29, 0.717) is 12.2 Å². The van der Waals surface area contributed by atoms with E-state index in [4.69, 9.17) is 4.42 Å². The predicted octanol–water partition coefficient (Wildman–Crippen LogP) is 1.55. The summed E-state index contributed by atoms with van der Waals surface area (Å²) in [5, 5.41) is 18.2. The minimum absolute atomic E-state index is 0.138. The van der Waals surface area contributed by atoms with E-state index in [1.807, 2.05) is 17.5 Å². The Morgan fingerprint density at radius 2 is 2.23 bits per heavy atom. The summed E-state index contributed by atoms with van der Waals surface area (Å²) in [6, 6.07) is 7.07. The van der Waals surface area contributed by atoms with Gasteiger partial charge in [-0.05, 0) is 30.0 Å². The maximum atomic E-state index is 12.3. The smallest absolute Gasteiger partial charge is 0.243 e. The lowest BCUT2D eigenvalue weighted by atomic mass is 10.1. The Kier molecular flexibility index (Phi) is 4.06. The van der Waals surface area contributed by atoms with Gasteiger partial charge in [-0.3, -0.25) is 4.79 Å². The zero-order valence-corrected chi connectivity index (χ0v) is 12.4. The van der Waals surface area contributed by atoms with Crippen molar-refractivity contribution in [1.29, 1.82) is 0 Å². The molecule has 0 aliphatic carbocycles. The van der Waals surface area contributed by atoms with Gasteiger partial charge < -0.3 is 14.3 Å². The van der Waals surface area contributed by atoms with Gasteiger partial charge in [0.1, 0.15) is 11.8 Å². The van der Waals surface area contributed by atoms with Crippen LogP contribution in [0.1, 0.15) is 35.9 Å². The first-order valence-electron chi connectivity index (χ1n) is 6.82. The molecule has 1 aliphatic heterocycles. The predicted molar refractivity (Wildman–Crippen MR) is 78.0 cm³/mol. The third-order valence-electron chi connectivity index (χ3n) is 3.39. The van der Waals surface area contributed by atoms with E-state index in [9.17, 15) is 14.7 Å². The second kappa shape index (κ2) is 6.15. The topological polar surface area (TPSA) is 85.9 Å². The van der Waals surface area contributed by atoms with Gasteiger partial charge in [-0.2, -0.15) is 5.10 Å². The second-order valence-electron chi connectivity index (χ2n) is 4.87. The summed E-state index contributed by atoms with van der Waals surface area (Å²) >= 11 is 1.55. The SMILES string of the molecule is O=C([O-])CCC(=O)N1N=C(c2cccs2)C[C@H]1c1ccco1. The maximum absolute atomic E-state index is 12.3. The fourth-order valence-electron chi connectivity index (χ4n) is 2.36. The summed E-state index contributed by atoms with van der Waals surface area (Å²) in [6.07, 6.45) is 1.64. The van der Waals surface area contributed by atoms with Gasteiger partial charge in [-0.15, -0.1) is 11.3 Å². The molecule has 0 spiro atoms. The first-order chi connectivity index (χ1) is 10.6. The van der Waals surface area contributed by atoms with Gasteiger partial charge in [-0.1, -0.05) is 6.07 Å². The molecule has 1 aliphatic rings. The Bertz CT molecular complexity index is 691. The van der Waals surface area contributed by atoms with Crippen LogP contribution in [0.2, 0.25) is 0 Å². The Morgan fingerprint density at radius 3 is 2.86 bits per heavy atom. The molecule has 0 fully saturated rings. The van der Waals surface area contributed by atoms with E-state index in [1.54, 1.807) is 29.7 Å². The monoisotopic (exact) mass is 317 g/mol. The van der Waals surface area contributed by atoms with E-state index in [2.05, 4.69) is 5.10 Å². The normalized spacial score (nSPS) is 17.5. The molecule has 7 heteroatoms. The minimum atomic E-state index is -1.25. The number of rotatable bonds is 5. The van der Waals surface area contributed by atoms with Crippen LogP contribution in [0.15, 0.2) is 45.4 Å². The number of carbonyl (C=O) groups excluding carboxylic acids is 2. The van der Waals surface area contributed by atoms with Crippen LogP contribution in [0.3, 0.4) is 0 Å². The van der Waals surface area contributed by atoms with Crippen molar-refractivity contribution in [1.82, 2.24) is 5.01 Å². The molecule has 0 aromatic carbocycles. The molecule has 6 nitrogen and oxygen atoms in total. The maximum Gasteiger partial charge on any atom is 0.243 e. The molecule has 2 aromatic heterocycles. The van der Waals surface area contributed by atoms with Crippen LogP contribution in [0, 0.1) is 0 Å². The van der Waals surface area contributed by atoms with Crippen molar-refractivity contribution in [2.24, 2.45) is 5.10 Å². The second-order valence-corrected chi connectivity index (χ2v) is 5.82. The van der Waals surface area contributed by atoms with Crippen molar-refractivity contribution in [3.05, 3.63) is 46.5 Å². The molecule has 3 heterocycles. The molecule has 0 N–H and O–H groups in total. The lowest BCUT2D eigenvalue weighted by Crippen LogP contribution is -2.29. The number of hydrogen-bond acceptors (Lipinski definition) is 6. The lowest BCUT2D eigenvalue weighted by molar-refractivity contribution is -0.305. The molecule has 3 rings (SSSR count). The summed E-state index contributed by atoms with van der Waals surface area (Å²) in [7, 11) is 0. The zero-order valence-electron chi connectivity index (χ0n) is 11.6. The van der Waals surface area contributed by atoms with Gasteiger partial charge >= 0.3 is 0 Å². The number of nitrogens with zero attached hydrogens (tertiary/aromatic N) is 2. The highest BCUT2D eigenvalue weighted by Gasteiger charge is 2.34. The Hall–Kier alpha value is -2.41. The first-order valence-corrected chi connectivity index (χ1v) is 7.70. The van der Waals surface area contributed by atoms with Crippen molar-refractivity contribution in [2.75, 3.05) is 0 Å². The molecule has 1 atom stereocenters. The molecule has 0 saturated carbocycles. The summed E-state index contributed by atoms with van der Waals surface area (Å²) in [4.78, 5) is 23.8. The summed E-state index contributed by atoms with van der Waals surface area (Å²) in [5.74, 6) is -0.959. The van der Waals surface area contributed by atoms with E-state index >= 15 is 0 Å². The van der Waals surface area contributed by atoms with Crippen molar-refractivity contribution < 1.29 is 19.1 Å². The zero-order chi connectivity index (χ0) is 15.5. The molecule has 2 aromatic rings. The molecular formula is C15H13N2O4S-. The van der Waals surface area contributed by atoms with Crippen LogP contribution in [-0.2, 0) is 9.59 Å². The average molecular weight is 317 g/mol. The van der Waals surface area contributed by atoms with Crippen molar-refractivity contribution >= 4 is 28.9 Å². The van der Waals surface area contributed by atoms with Gasteiger partial charge in [0.25, 0.3) is 0 Å². The number of furan rings is 1. The Balaban J connectivity index is 1.84. The fraction of sp³-hybridized carbons (Fsp3) is 0.267. The third-order valence-corrected chi connectivity index (χ3v) is 4.30. The van der Waals surface area contributed by atoms with Gasteiger partial charge in [0.2, 0.25) is 5.91 Å². The molecule has 1 amide bonds. The van der Waals surface area contributed by atoms with Gasteiger partial charge in [-0.25, -0.2) is 5.01 Å². The average Bonchev–Trinajstić information content (AvgIpc) is 3.23. The lowest BCUT2D eigenvalue weighted by Gasteiger charge is -2.19. The van der Waals surface area contributed by atoms with Crippen LogP contribution in [0.25, 0.3) is 0 Å². The summed E-state index contributed by atoms with van der Waals surface area (Å²) in [5.41, 5.74) is 0.804. The number of hydrogen-bond donors (Lipinski definition) is 0. The van der Waals surface area contributed by atoms with E-state index in [-0.39, 0.29) is 24.8 Å². The molecule has 0 saturated heterocycles. The number of carboxylic acid groups (broad SMARTS) is 1. The van der Waals surface area contributed by atoms with Gasteiger partial charge in [0, 0.05) is 18.8 Å². The van der Waals surface area contributed by atoms with Crippen molar-refractivity contribution in [3.63, 3.8) is 0 Å². The first kappa shape index (κ1) is 14.5. The van der Waals surface area contributed by atoms with Crippen molar-refractivity contribution in [3.8, 4) is 0 Å². The molecular weight excluding hydrogens is 304 g/mol. The highest BCUT2D eigenvalue weighted by atomic mass is 32.1. The van der Waals surface area contributed by atoms with E-state index in [1.165, 1.54) is 5.01 Å². The number of carboxylic acids is 1. The summed E-state index contributed by atoms with van der Waals surface area (Å²) in [6.45, 7) is 0. The number of thiophene rings is 1. The number of aliphatic carboxylic acids is 1. The highest BCUT2D eigenvalue weighted by Crippen LogP contribution is 2.34. The quantitative estimate of drug-likeness (QED) is 0.837. The van der Waals surface area contributed by atoms with Gasteiger partial charge in [0.05, 0.1) is 16.9 Å². The minimum Gasteiger partial charge on any atom is -0.550 e. The van der Waals surface area contributed by atoms with Crippen LogP contribution in [-0.4, -0.2) is 22.6 Å². The summed E-state index contributed by atoms with van der Waals surface area (Å²) < 4.78 is 5.40.